The molecule has 0 aromatic heterocycles. The van der Waals surface area contributed by atoms with Crippen LogP contribution in [0.4, 0.5) is 0 Å². The molecule has 0 aliphatic carbocycles. The predicted molar refractivity (Wildman–Crippen MR) is 195 cm³/mol. The van der Waals surface area contributed by atoms with E-state index in [1.807, 2.05) is 0 Å². The highest BCUT2D eigenvalue weighted by molar-refractivity contribution is 6.91. The van der Waals surface area contributed by atoms with Gasteiger partial charge >= 0.3 is 0 Å². The molecule has 0 bridgehead atoms. The van der Waals surface area contributed by atoms with Crippen LogP contribution in [0.5, 0.6) is 0 Å². The van der Waals surface area contributed by atoms with Gasteiger partial charge < -0.3 is 0 Å². The van der Waals surface area contributed by atoms with E-state index in [1.165, 1.54) is 32.3 Å². The lowest BCUT2D eigenvalue weighted by atomic mass is 9.95. The molecule has 0 saturated heterocycles. The van der Waals surface area contributed by atoms with Gasteiger partial charge in [0.1, 0.15) is 16.1 Å². The number of hydrogen-bond donors (Lipinski definition) is 0. The van der Waals surface area contributed by atoms with E-state index < -0.39 is 16.1 Å². The highest BCUT2D eigenvalue weighted by atomic mass is 28.3. The molecule has 0 atom stereocenters. The van der Waals surface area contributed by atoms with Crippen LogP contribution in [0.1, 0.15) is 94.2 Å². The lowest BCUT2D eigenvalue weighted by Crippen LogP contribution is -2.43. The maximum absolute atomic E-state index is 3.90. The first-order chi connectivity index (χ1) is 19.7. The Labute approximate surface area is 258 Å². The molecule has 4 aromatic carbocycles. The summed E-state index contributed by atoms with van der Waals surface area (Å²) in [6.45, 7) is 28.6. The van der Waals surface area contributed by atoms with E-state index in [0.29, 0.717) is 33.2 Å². The number of fused-ring (bicyclic) bond motifs is 5. The fourth-order valence-electron chi connectivity index (χ4n) is 8.27. The van der Waals surface area contributed by atoms with Crippen molar-refractivity contribution < 1.29 is 0 Å². The van der Waals surface area contributed by atoms with E-state index in [9.17, 15) is 0 Å². The van der Waals surface area contributed by atoms with E-state index in [1.54, 1.807) is 0 Å². The van der Waals surface area contributed by atoms with Gasteiger partial charge in [-0.2, -0.15) is 0 Å². The summed E-state index contributed by atoms with van der Waals surface area (Å²) in [5.41, 5.74) is 13.9. The second kappa shape index (κ2) is 12.4. The first-order valence-electron chi connectivity index (χ1n) is 16.2. The standard InChI is InChI=1S/C40H52Si2/c1-27(2)41(28(3)4,29(5)6)23-21-33-13-17-37-35(25-33)15-19-40-38-18-14-34(26-36(38)16-20-39(37)40)22-24-42(30(7)8,31(9)10)32(11)12/h13-20,25-32H,1-12H3. The molecule has 0 unspecified atom stereocenters. The van der Waals surface area contributed by atoms with Crippen LogP contribution < -0.4 is 0 Å². The first kappa shape index (κ1) is 32.1. The third-order valence-corrected chi connectivity index (χ3v) is 23.0. The predicted octanol–water partition coefficient (Wildman–Crippen LogP) is 12.3. The third kappa shape index (κ3) is 5.62. The SMILES string of the molecule is CC(C)[Si](C#Cc1ccc2c(ccc3c4ccc(C#C[Si](C(C)C)(C(C)C)C(C)C)cc4ccc23)c1)(C(C)C)C(C)C. The van der Waals surface area contributed by atoms with Crippen molar-refractivity contribution >= 4 is 48.5 Å². The summed E-state index contributed by atoms with van der Waals surface area (Å²) in [5, 5.41) is 7.73. The van der Waals surface area contributed by atoms with Gasteiger partial charge in [0.2, 0.25) is 0 Å². The van der Waals surface area contributed by atoms with Crippen molar-refractivity contribution in [2.75, 3.05) is 0 Å². The average molecular weight is 589 g/mol. The summed E-state index contributed by atoms with van der Waals surface area (Å²) in [5.74, 6) is 7.30. The van der Waals surface area contributed by atoms with E-state index in [-0.39, 0.29) is 0 Å². The van der Waals surface area contributed by atoms with Crippen LogP contribution in [-0.2, 0) is 0 Å². The van der Waals surface area contributed by atoms with Gasteiger partial charge in [0, 0.05) is 11.1 Å². The largest absolute Gasteiger partial charge is 0.146 e. The van der Waals surface area contributed by atoms with Gasteiger partial charge in [0.05, 0.1) is 0 Å². The zero-order valence-corrected chi connectivity index (χ0v) is 30.2. The van der Waals surface area contributed by atoms with E-state index in [4.69, 9.17) is 0 Å². The molecule has 0 aliphatic heterocycles. The zero-order valence-electron chi connectivity index (χ0n) is 28.2. The zero-order chi connectivity index (χ0) is 31.0. The van der Waals surface area contributed by atoms with Crippen LogP contribution in [-0.4, -0.2) is 16.1 Å². The summed E-state index contributed by atoms with van der Waals surface area (Å²) < 4.78 is 0. The quantitative estimate of drug-likeness (QED) is 0.119. The minimum Gasteiger partial charge on any atom is -0.125 e. The van der Waals surface area contributed by atoms with Crippen LogP contribution in [0, 0.1) is 22.9 Å². The molecular weight excluding hydrogens is 537 g/mol. The van der Waals surface area contributed by atoms with Crippen LogP contribution in [0.15, 0.2) is 60.7 Å². The highest BCUT2D eigenvalue weighted by Gasteiger charge is 2.42. The molecule has 0 saturated carbocycles. The minimum atomic E-state index is -1.76. The van der Waals surface area contributed by atoms with Crippen molar-refractivity contribution in [1.29, 1.82) is 0 Å². The van der Waals surface area contributed by atoms with Crippen LogP contribution in [0.25, 0.3) is 32.3 Å². The van der Waals surface area contributed by atoms with Crippen molar-refractivity contribution in [1.82, 2.24) is 0 Å². The van der Waals surface area contributed by atoms with Crippen molar-refractivity contribution in [3.63, 3.8) is 0 Å². The first-order valence-corrected chi connectivity index (χ1v) is 20.7. The van der Waals surface area contributed by atoms with Gasteiger partial charge in [0.15, 0.2) is 0 Å². The Bertz CT molecular complexity index is 1540. The van der Waals surface area contributed by atoms with Crippen molar-refractivity contribution in [3.8, 4) is 22.9 Å². The summed E-state index contributed by atoms with van der Waals surface area (Å²) in [6.07, 6.45) is 0. The Balaban J connectivity index is 1.77. The van der Waals surface area contributed by atoms with Crippen molar-refractivity contribution in [2.45, 2.75) is 116 Å². The Kier molecular flexibility index (Phi) is 9.52. The van der Waals surface area contributed by atoms with Gasteiger partial charge in [-0.25, -0.2) is 0 Å². The molecule has 4 aromatic rings. The average Bonchev–Trinajstić information content (AvgIpc) is 2.91. The normalized spacial score (nSPS) is 12.7. The number of hydrogen-bond acceptors (Lipinski definition) is 0. The minimum absolute atomic E-state index is 0.638. The molecule has 0 spiro atoms. The molecule has 0 heterocycles. The Morgan fingerprint density at radius 2 is 0.667 bits per heavy atom. The van der Waals surface area contributed by atoms with Gasteiger partial charge in [0.25, 0.3) is 0 Å². The molecule has 42 heavy (non-hydrogen) atoms. The van der Waals surface area contributed by atoms with E-state index >= 15 is 0 Å². The van der Waals surface area contributed by atoms with Gasteiger partial charge in [-0.15, -0.1) is 11.1 Å². The topological polar surface area (TPSA) is 0 Å². The third-order valence-electron chi connectivity index (χ3n) is 10.4. The summed E-state index contributed by atoms with van der Waals surface area (Å²) in [6, 6.07) is 22.8. The summed E-state index contributed by atoms with van der Waals surface area (Å²) in [7, 11) is -3.52. The fraction of sp³-hybridized carbons (Fsp3) is 0.450. The van der Waals surface area contributed by atoms with E-state index in [2.05, 4.69) is 167 Å². The summed E-state index contributed by atoms with van der Waals surface area (Å²) in [4.78, 5) is 0. The molecule has 0 N–H and O–H groups in total. The van der Waals surface area contributed by atoms with Crippen molar-refractivity contribution in [2.24, 2.45) is 0 Å². The lowest BCUT2D eigenvalue weighted by Gasteiger charge is -2.38. The van der Waals surface area contributed by atoms with Gasteiger partial charge in [-0.05, 0) is 89.8 Å². The Morgan fingerprint density at radius 3 is 0.952 bits per heavy atom. The summed E-state index contributed by atoms with van der Waals surface area (Å²) >= 11 is 0. The molecular formula is C40H52Si2. The maximum atomic E-state index is 3.90. The number of benzene rings is 4. The highest BCUT2D eigenvalue weighted by Crippen LogP contribution is 2.42. The molecule has 2 heteroatoms. The molecule has 0 fully saturated rings. The molecule has 0 aliphatic rings. The Hall–Kier alpha value is -2.79. The monoisotopic (exact) mass is 588 g/mol. The molecule has 4 rings (SSSR count). The van der Waals surface area contributed by atoms with Crippen molar-refractivity contribution in [3.05, 3.63) is 71.8 Å². The molecule has 0 amide bonds. The molecule has 0 nitrogen and oxygen atoms in total. The smallest absolute Gasteiger partial charge is 0.125 e. The van der Waals surface area contributed by atoms with Gasteiger partial charge in [-0.1, -0.05) is 131 Å². The lowest BCUT2D eigenvalue weighted by molar-refractivity contribution is 0.838. The molecule has 0 radical (unpaired) electrons. The molecule has 220 valence electrons. The van der Waals surface area contributed by atoms with Gasteiger partial charge in [-0.3, -0.25) is 0 Å². The van der Waals surface area contributed by atoms with Crippen LogP contribution >= 0.6 is 0 Å². The maximum Gasteiger partial charge on any atom is 0.146 e. The van der Waals surface area contributed by atoms with Crippen LogP contribution in [0.3, 0.4) is 0 Å². The van der Waals surface area contributed by atoms with Crippen LogP contribution in [0.2, 0.25) is 33.2 Å². The number of rotatable bonds is 6. The fourth-order valence-corrected chi connectivity index (χ4v) is 18.7. The second-order valence-electron chi connectivity index (χ2n) is 14.4. The Morgan fingerprint density at radius 1 is 0.381 bits per heavy atom. The van der Waals surface area contributed by atoms with E-state index in [0.717, 1.165) is 11.1 Å². The second-order valence-corrected chi connectivity index (χ2v) is 25.6.